The molecule has 0 unspecified atom stereocenters. The lowest BCUT2D eigenvalue weighted by Crippen LogP contribution is -3.16. The van der Waals surface area contributed by atoms with Crippen LogP contribution < -0.4 is 19.3 Å². The number of hydrogen-bond donors (Lipinski definition) is 3. The van der Waals surface area contributed by atoms with Gasteiger partial charge in [-0.05, 0) is 54.6 Å². The van der Waals surface area contributed by atoms with Gasteiger partial charge in [0, 0.05) is 33.9 Å². The van der Waals surface area contributed by atoms with E-state index in [9.17, 15) is 9.90 Å². The standard InChI is InChI=1S/C29H31N3O4/c1-35-22-11-7-20(8-12-22)27(29(34)28(33)25-19-30-26-6-4-3-5-24(25)26)32-17-15-31(16-18-32)21-9-13-23(36-2)14-10-21/h3-14,19,27,29-30,34H,15-18H2,1-2H3/p+1/t27-,29+/m0/s1. The van der Waals surface area contributed by atoms with Gasteiger partial charge in [0.15, 0.2) is 11.9 Å². The van der Waals surface area contributed by atoms with Crippen LogP contribution in [0.1, 0.15) is 22.0 Å². The van der Waals surface area contributed by atoms with Gasteiger partial charge >= 0.3 is 0 Å². The number of aliphatic hydroxyl groups is 1. The van der Waals surface area contributed by atoms with Crippen LogP contribution in [0.2, 0.25) is 0 Å². The normalized spacial score (nSPS) is 16.0. The molecule has 1 aliphatic rings. The summed E-state index contributed by atoms with van der Waals surface area (Å²) in [4.78, 5) is 20.3. The zero-order valence-corrected chi connectivity index (χ0v) is 20.6. The fourth-order valence-corrected chi connectivity index (χ4v) is 5.19. The molecule has 1 saturated heterocycles. The molecule has 1 aromatic heterocycles. The minimum absolute atomic E-state index is 0.265. The summed E-state index contributed by atoms with van der Waals surface area (Å²) in [5, 5.41) is 12.4. The summed E-state index contributed by atoms with van der Waals surface area (Å²) in [6, 6.07) is 23.1. The number of aliphatic hydroxyl groups excluding tert-OH is 1. The number of hydrogen-bond acceptors (Lipinski definition) is 5. The van der Waals surface area contributed by atoms with Gasteiger partial charge < -0.3 is 29.4 Å². The molecule has 7 heteroatoms. The molecule has 7 nitrogen and oxygen atoms in total. The number of quaternary nitrogens is 1. The molecule has 186 valence electrons. The first-order chi connectivity index (χ1) is 17.6. The van der Waals surface area contributed by atoms with Crippen molar-refractivity contribution in [1.29, 1.82) is 0 Å². The van der Waals surface area contributed by atoms with Crippen LogP contribution >= 0.6 is 0 Å². The average molecular weight is 487 g/mol. The number of aromatic amines is 1. The Hall–Kier alpha value is -3.81. The Morgan fingerprint density at radius 3 is 2.17 bits per heavy atom. The molecule has 3 N–H and O–H groups in total. The highest BCUT2D eigenvalue weighted by Crippen LogP contribution is 2.25. The number of H-pyrrole nitrogens is 1. The van der Waals surface area contributed by atoms with E-state index in [1.165, 1.54) is 4.90 Å². The van der Waals surface area contributed by atoms with Crippen LogP contribution in [0.5, 0.6) is 11.5 Å². The van der Waals surface area contributed by atoms with E-state index < -0.39 is 12.1 Å². The number of ketones is 1. The maximum atomic E-state index is 13.6. The van der Waals surface area contributed by atoms with E-state index in [-0.39, 0.29) is 5.78 Å². The number of Topliss-reactive ketones (excluding diaryl/α,β-unsaturated/α-hetero) is 1. The van der Waals surface area contributed by atoms with Crippen molar-refractivity contribution in [3.05, 3.63) is 90.1 Å². The smallest absolute Gasteiger partial charge is 0.199 e. The second-order valence-corrected chi connectivity index (χ2v) is 9.15. The number of aromatic nitrogens is 1. The molecule has 0 bridgehead atoms. The molecule has 0 spiro atoms. The monoisotopic (exact) mass is 486 g/mol. The minimum atomic E-state index is -1.18. The molecule has 0 radical (unpaired) electrons. The van der Waals surface area contributed by atoms with Crippen LogP contribution in [-0.2, 0) is 0 Å². The van der Waals surface area contributed by atoms with E-state index in [0.29, 0.717) is 5.56 Å². The molecule has 2 heterocycles. The zero-order valence-electron chi connectivity index (χ0n) is 20.6. The molecule has 3 aromatic carbocycles. The highest BCUT2D eigenvalue weighted by atomic mass is 16.5. The van der Waals surface area contributed by atoms with Gasteiger partial charge in [0.2, 0.25) is 0 Å². The van der Waals surface area contributed by atoms with Gasteiger partial charge in [-0.15, -0.1) is 0 Å². The van der Waals surface area contributed by atoms with Crippen LogP contribution in [0.15, 0.2) is 79.0 Å². The summed E-state index contributed by atoms with van der Waals surface area (Å²) in [6.45, 7) is 3.23. The molecule has 1 fully saturated rings. The third-order valence-electron chi connectivity index (χ3n) is 7.20. The number of ether oxygens (including phenoxy) is 2. The van der Waals surface area contributed by atoms with Gasteiger partial charge in [0.05, 0.1) is 40.4 Å². The van der Waals surface area contributed by atoms with Crippen molar-refractivity contribution in [3.8, 4) is 11.5 Å². The first kappa shape index (κ1) is 23.9. The molecule has 0 saturated carbocycles. The third kappa shape index (κ3) is 4.67. The van der Waals surface area contributed by atoms with Crippen molar-refractivity contribution in [2.75, 3.05) is 45.3 Å². The summed E-state index contributed by atoms with van der Waals surface area (Å²) in [6.07, 6.45) is 0.526. The van der Waals surface area contributed by atoms with Crippen LogP contribution in [0.25, 0.3) is 10.9 Å². The number of nitrogens with zero attached hydrogens (tertiary/aromatic N) is 1. The number of benzene rings is 3. The molecule has 4 aromatic rings. The summed E-state index contributed by atoms with van der Waals surface area (Å²) in [5.74, 6) is 1.31. The van der Waals surface area contributed by atoms with Crippen LogP contribution in [0.4, 0.5) is 5.69 Å². The number of carbonyl (C=O) groups excluding carboxylic acids is 1. The van der Waals surface area contributed by atoms with Gasteiger partial charge in [0.1, 0.15) is 17.5 Å². The Kier molecular flexibility index (Phi) is 6.93. The highest BCUT2D eigenvalue weighted by molar-refractivity contribution is 6.10. The number of para-hydroxylation sites is 1. The maximum Gasteiger partial charge on any atom is 0.199 e. The number of fused-ring (bicyclic) bond motifs is 1. The van der Waals surface area contributed by atoms with Crippen LogP contribution in [0, 0.1) is 0 Å². The number of carbonyl (C=O) groups is 1. The van der Waals surface area contributed by atoms with Crippen molar-refractivity contribution in [2.45, 2.75) is 12.1 Å². The van der Waals surface area contributed by atoms with Gasteiger partial charge in [-0.1, -0.05) is 18.2 Å². The summed E-state index contributed by atoms with van der Waals surface area (Å²) < 4.78 is 10.6. The fourth-order valence-electron chi connectivity index (χ4n) is 5.19. The molecule has 2 atom stereocenters. The van der Waals surface area contributed by atoms with Gasteiger partial charge in [-0.25, -0.2) is 0 Å². The van der Waals surface area contributed by atoms with Crippen molar-refractivity contribution >= 4 is 22.4 Å². The molecular formula is C29H32N3O4+. The van der Waals surface area contributed by atoms with E-state index in [0.717, 1.165) is 59.8 Å². The van der Waals surface area contributed by atoms with Crippen molar-refractivity contribution in [2.24, 2.45) is 0 Å². The Morgan fingerprint density at radius 2 is 1.53 bits per heavy atom. The van der Waals surface area contributed by atoms with Crippen LogP contribution in [-0.4, -0.2) is 62.4 Å². The second-order valence-electron chi connectivity index (χ2n) is 9.15. The minimum Gasteiger partial charge on any atom is -0.497 e. The Labute approximate surface area is 210 Å². The number of rotatable bonds is 8. The predicted molar refractivity (Wildman–Crippen MR) is 140 cm³/mol. The number of nitrogens with one attached hydrogen (secondary N) is 2. The topological polar surface area (TPSA) is 79.2 Å². The highest BCUT2D eigenvalue weighted by Gasteiger charge is 2.39. The van der Waals surface area contributed by atoms with Gasteiger partial charge in [0.25, 0.3) is 0 Å². The molecule has 0 aliphatic carbocycles. The fraction of sp³-hybridized carbons (Fsp3) is 0.276. The second kappa shape index (κ2) is 10.4. The molecule has 5 rings (SSSR count). The van der Waals surface area contributed by atoms with Crippen molar-refractivity contribution in [1.82, 2.24) is 4.98 Å². The molecule has 1 aliphatic heterocycles. The van der Waals surface area contributed by atoms with E-state index in [1.54, 1.807) is 20.4 Å². The summed E-state index contributed by atoms with van der Waals surface area (Å²) >= 11 is 0. The predicted octanol–water partition coefficient (Wildman–Crippen LogP) is 2.88. The molecular weight excluding hydrogens is 454 g/mol. The van der Waals surface area contributed by atoms with Crippen molar-refractivity contribution < 1.29 is 24.3 Å². The number of methoxy groups -OCH3 is 2. The first-order valence-electron chi connectivity index (χ1n) is 12.2. The van der Waals surface area contributed by atoms with Crippen LogP contribution in [0.3, 0.4) is 0 Å². The first-order valence-corrected chi connectivity index (χ1v) is 12.2. The van der Waals surface area contributed by atoms with Crippen molar-refractivity contribution in [3.63, 3.8) is 0 Å². The average Bonchev–Trinajstić information content (AvgIpc) is 3.38. The quantitative estimate of drug-likeness (QED) is 0.334. The maximum absolute atomic E-state index is 13.6. The zero-order chi connectivity index (χ0) is 25.1. The Morgan fingerprint density at radius 1 is 0.917 bits per heavy atom. The number of anilines is 1. The van der Waals surface area contributed by atoms with Gasteiger partial charge in [-0.3, -0.25) is 4.79 Å². The van der Waals surface area contributed by atoms with E-state index in [4.69, 9.17) is 9.47 Å². The molecule has 0 amide bonds. The lowest BCUT2D eigenvalue weighted by Gasteiger charge is -2.39. The number of piperazine rings is 1. The lowest BCUT2D eigenvalue weighted by atomic mass is 9.92. The van der Waals surface area contributed by atoms with E-state index >= 15 is 0 Å². The summed E-state index contributed by atoms with van der Waals surface area (Å²) in [5.41, 5.74) is 3.47. The Balaban J connectivity index is 1.40. The van der Waals surface area contributed by atoms with E-state index in [2.05, 4.69) is 22.0 Å². The Bertz CT molecular complexity index is 1310. The molecule has 36 heavy (non-hydrogen) atoms. The largest absolute Gasteiger partial charge is 0.497 e. The SMILES string of the molecule is COc1ccc([C@@H]([C@@H](O)C(=O)c2c[nH]c3ccccc23)[NH+]2CCN(c3ccc(OC)cc3)CC2)cc1. The van der Waals surface area contributed by atoms with E-state index in [1.807, 2.05) is 60.7 Å². The third-order valence-corrected chi connectivity index (χ3v) is 7.20. The van der Waals surface area contributed by atoms with Gasteiger partial charge in [-0.2, -0.15) is 0 Å². The lowest BCUT2D eigenvalue weighted by molar-refractivity contribution is -0.934. The summed E-state index contributed by atoms with van der Waals surface area (Å²) in [7, 11) is 3.30.